The Bertz CT molecular complexity index is 221. The maximum Gasteiger partial charge on any atom is 0.0349 e. The molecule has 0 atom stereocenters. The van der Waals surface area contributed by atoms with E-state index in [0.717, 1.165) is 18.5 Å². The van der Waals surface area contributed by atoms with Crippen LogP contribution in [0.1, 0.15) is 38.3 Å². The van der Waals surface area contributed by atoms with Gasteiger partial charge in [-0.2, -0.15) is 0 Å². The summed E-state index contributed by atoms with van der Waals surface area (Å²) in [7, 11) is 0. The standard InChI is InChI=1S/C10H15N.C2H6/c1-3-5-9-8(2)6-4-7-10(9)11;1-2/h4,6-7H,3,5,11H2,1-2H3;1-2H3. The molecule has 0 aromatic heterocycles. The first kappa shape index (κ1) is 12.0. The quantitative estimate of drug-likeness (QED) is 0.690. The SMILES string of the molecule is CC.CCCc1c(C)cccc1N. The summed E-state index contributed by atoms with van der Waals surface area (Å²) in [5, 5.41) is 0. The van der Waals surface area contributed by atoms with Gasteiger partial charge in [-0.15, -0.1) is 0 Å². The molecule has 1 aromatic carbocycles. The number of aryl methyl sites for hydroxylation is 1. The van der Waals surface area contributed by atoms with Crippen LogP contribution in [0.25, 0.3) is 0 Å². The van der Waals surface area contributed by atoms with Crippen LogP contribution in [0.3, 0.4) is 0 Å². The van der Waals surface area contributed by atoms with E-state index in [0.29, 0.717) is 0 Å². The third kappa shape index (κ3) is 3.49. The summed E-state index contributed by atoms with van der Waals surface area (Å²) in [5.74, 6) is 0. The van der Waals surface area contributed by atoms with Gasteiger partial charge in [-0.3, -0.25) is 0 Å². The first-order valence-electron chi connectivity index (χ1n) is 5.09. The van der Waals surface area contributed by atoms with Gasteiger partial charge in [0.2, 0.25) is 0 Å². The fourth-order valence-corrected chi connectivity index (χ4v) is 1.32. The molecule has 0 aliphatic heterocycles. The van der Waals surface area contributed by atoms with E-state index in [9.17, 15) is 0 Å². The topological polar surface area (TPSA) is 26.0 Å². The summed E-state index contributed by atoms with van der Waals surface area (Å²) in [5.41, 5.74) is 9.37. The molecular weight excluding hydrogens is 158 g/mol. The van der Waals surface area contributed by atoms with Crippen LogP contribution in [-0.4, -0.2) is 0 Å². The van der Waals surface area contributed by atoms with E-state index in [2.05, 4.69) is 19.9 Å². The summed E-state index contributed by atoms with van der Waals surface area (Å²) in [6, 6.07) is 6.09. The van der Waals surface area contributed by atoms with Crippen LogP contribution in [0.5, 0.6) is 0 Å². The molecule has 0 bridgehead atoms. The predicted octanol–water partition coefficient (Wildman–Crippen LogP) is 3.56. The largest absolute Gasteiger partial charge is 0.398 e. The zero-order valence-corrected chi connectivity index (χ0v) is 9.22. The van der Waals surface area contributed by atoms with Gasteiger partial charge in [0.05, 0.1) is 0 Å². The Morgan fingerprint density at radius 1 is 1.23 bits per heavy atom. The molecule has 1 aromatic rings. The number of rotatable bonds is 2. The molecule has 0 unspecified atom stereocenters. The normalized spacial score (nSPS) is 8.92. The van der Waals surface area contributed by atoms with Gasteiger partial charge in [-0.05, 0) is 30.5 Å². The van der Waals surface area contributed by atoms with E-state index in [4.69, 9.17) is 5.73 Å². The van der Waals surface area contributed by atoms with Gasteiger partial charge in [0.15, 0.2) is 0 Å². The van der Waals surface area contributed by atoms with Crippen molar-refractivity contribution < 1.29 is 0 Å². The van der Waals surface area contributed by atoms with Crippen molar-refractivity contribution in [3.05, 3.63) is 29.3 Å². The first-order chi connectivity index (χ1) is 6.25. The lowest BCUT2D eigenvalue weighted by Gasteiger charge is -2.06. The summed E-state index contributed by atoms with van der Waals surface area (Å²) in [4.78, 5) is 0. The number of nitrogen functional groups attached to an aromatic ring is 1. The Morgan fingerprint density at radius 2 is 1.85 bits per heavy atom. The number of hydrogen-bond acceptors (Lipinski definition) is 1. The van der Waals surface area contributed by atoms with Crippen LogP contribution in [0.4, 0.5) is 5.69 Å². The van der Waals surface area contributed by atoms with Gasteiger partial charge in [0.25, 0.3) is 0 Å². The molecule has 0 amide bonds. The Labute approximate surface area is 82.0 Å². The van der Waals surface area contributed by atoms with Crippen LogP contribution >= 0.6 is 0 Å². The highest BCUT2D eigenvalue weighted by Crippen LogP contribution is 2.17. The van der Waals surface area contributed by atoms with Gasteiger partial charge >= 0.3 is 0 Å². The van der Waals surface area contributed by atoms with E-state index in [1.165, 1.54) is 11.1 Å². The van der Waals surface area contributed by atoms with Crippen LogP contribution in [0.2, 0.25) is 0 Å². The lowest BCUT2D eigenvalue weighted by Crippen LogP contribution is -1.96. The van der Waals surface area contributed by atoms with Crippen molar-refractivity contribution in [3.63, 3.8) is 0 Å². The van der Waals surface area contributed by atoms with Crippen LogP contribution in [0, 0.1) is 6.92 Å². The molecular formula is C12H21N. The minimum absolute atomic E-state index is 0.937. The zero-order valence-electron chi connectivity index (χ0n) is 9.22. The second-order valence-electron chi connectivity index (χ2n) is 2.89. The van der Waals surface area contributed by atoms with Crippen LogP contribution in [-0.2, 0) is 6.42 Å². The van der Waals surface area contributed by atoms with E-state index >= 15 is 0 Å². The lowest BCUT2D eigenvalue weighted by molar-refractivity contribution is 0.915. The molecule has 0 saturated carbocycles. The Hall–Kier alpha value is -0.980. The van der Waals surface area contributed by atoms with E-state index in [-0.39, 0.29) is 0 Å². The number of hydrogen-bond donors (Lipinski definition) is 1. The van der Waals surface area contributed by atoms with Crippen molar-refractivity contribution in [1.29, 1.82) is 0 Å². The van der Waals surface area contributed by atoms with E-state index < -0.39 is 0 Å². The zero-order chi connectivity index (χ0) is 10.3. The molecule has 0 heterocycles. The second kappa shape index (κ2) is 6.53. The third-order valence-electron chi connectivity index (χ3n) is 1.95. The number of benzene rings is 1. The lowest BCUT2D eigenvalue weighted by atomic mass is 10.0. The summed E-state index contributed by atoms with van der Waals surface area (Å²) < 4.78 is 0. The minimum atomic E-state index is 0.937. The van der Waals surface area contributed by atoms with Gasteiger partial charge < -0.3 is 5.73 Å². The second-order valence-corrected chi connectivity index (χ2v) is 2.89. The molecule has 0 fully saturated rings. The third-order valence-corrected chi connectivity index (χ3v) is 1.95. The van der Waals surface area contributed by atoms with Crippen molar-refractivity contribution in [2.45, 2.75) is 40.5 Å². The van der Waals surface area contributed by atoms with E-state index in [1.807, 2.05) is 26.0 Å². The monoisotopic (exact) mass is 179 g/mol. The fourth-order valence-electron chi connectivity index (χ4n) is 1.32. The van der Waals surface area contributed by atoms with Gasteiger partial charge in [-0.25, -0.2) is 0 Å². The molecule has 1 rings (SSSR count). The molecule has 0 saturated heterocycles. The van der Waals surface area contributed by atoms with Crippen molar-refractivity contribution in [2.24, 2.45) is 0 Å². The van der Waals surface area contributed by atoms with Crippen molar-refractivity contribution in [2.75, 3.05) is 5.73 Å². The number of nitrogens with two attached hydrogens (primary N) is 1. The fraction of sp³-hybridized carbons (Fsp3) is 0.500. The summed E-state index contributed by atoms with van der Waals surface area (Å²) >= 11 is 0. The maximum atomic E-state index is 5.81. The maximum absolute atomic E-state index is 5.81. The van der Waals surface area contributed by atoms with Crippen molar-refractivity contribution >= 4 is 5.69 Å². The minimum Gasteiger partial charge on any atom is -0.398 e. The van der Waals surface area contributed by atoms with E-state index in [1.54, 1.807) is 0 Å². The molecule has 1 heteroatoms. The molecule has 0 radical (unpaired) electrons. The van der Waals surface area contributed by atoms with Crippen molar-refractivity contribution in [3.8, 4) is 0 Å². The van der Waals surface area contributed by atoms with Crippen LogP contribution in [0.15, 0.2) is 18.2 Å². The molecule has 13 heavy (non-hydrogen) atoms. The van der Waals surface area contributed by atoms with Crippen LogP contribution < -0.4 is 5.73 Å². The van der Waals surface area contributed by atoms with Gasteiger partial charge in [-0.1, -0.05) is 39.3 Å². The summed E-state index contributed by atoms with van der Waals surface area (Å²) in [6.07, 6.45) is 2.26. The molecule has 0 aliphatic carbocycles. The number of anilines is 1. The highest BCUT2D eigenvalue weighted by Gasteiger charge is 1.99. The average molecular weight is 179 g/mol. The van der Waals surface area contributed by atoms with Gasteiger partial charge in [0, 0.05) is 5.69 Å². The first-order valence-corrected chi connectivity index (χ1v) is 5.09. The molecule has 74 valence electrons. The molecule has 2 N–H and O–H groups in total. The predicted molar refractivity (Wildman–Crippen MR) is 60.9 cm³/mol. The Balaban J connectivity index is 0.000000671. The van der Waals surface area contributed by atoms with Gasteiger partial charge in [0.1, 0.15) is 0 Å². The smallest absolute Gasteiger partial charge is 0.0349 e. The average Bonchev–Trinajstić information content (AvgIpc) is 2.15. The Kier molecular flexibility index (Phi) is 6.03. The summed E-state index contributed by atoms with van der Waals surface area (Å²) in [6.45, 7) is 8.28. The molecule has 0 aliphatic rings. The molecule has 1 nitrogen and oxygen atoms in total. The highest BCUT2D eigenvalue weighted by molar-refractivity contribution is 5.50. The Morgan fingerprint density at radius 3 is 2.31 bits per heavy atom. The molecule has 0 spiro atoms. The van der Waals surface area contributed by atoms with Crippen molar-refractivity contribution in [1.82, 2.24) is 0 Å². The highest BCUT2D eigenvalue weighted by atomic mass is 14.6.